The summed E-state index contributed by atoms with van der Waals surface area (Å²) in [4.78, 5) is 22.5. The average molecular weight is 256 g/mol. The van der Waals surface area contributed by atoms with Crippen LogP contribution in [-0.4, -0.2) is 40.9 Å². The van der Waals surface area contributed by atoms with Crippen molar-refractivity contribution in [2.75, 3.05) is 6.61 Å². The van der Waals surface area contributed by atoms with Gasteiger partial charge in [-0.3, -0.25) is 0 Å². The summed E-state index contributed by atoms with van der Waals surface area (Å²) in [5, 5.41) is 22.9. The van der Waals surface area contributed by atoms with E-state index in [1.807, 2.05) is 0 Å². The van der Waals surface area contributed by atoms with E-state index in [0.29, 0.717) is 5.92 Å². The van der Waals surface area contributed by atoms with Crippen molar-refractivity contribution < 1.29 is 19.8 Å². The number of carbonyl (C=O) groups is 2. The lowest BCUT2D eigenvalue weighted by molar-refractivity contribution is -0.139. The van der Waals surface area contributed by atoms with Gasteiger partial charge in [0.1, 0.15) is 6.04 Å². The molecule has 2 bridgehead atoms. The number of urea groups is 1. The van der Waals surface area contributed by atoms with Crippen molar-refractivity contribution in [2.45, 2.75) is 44.2 Å². The Kier molecular flexibility index (Phi) is 4.06. The van der Waals surface area contributed by atoms with Crippen LogP contribution in [0.25, 0.3) is 0 Å². The van der Waals surface area contributed by atoms with Crippen molar-refractivity contribution in [3.8, 4) is 0 Å². The first-order chi connectivity index (χ1) is 8.60. The number of carboxylic acid groups (broad SMARTS) is 1. The molecule has 0 spiro atoms. The third-order valence-electron chi connectivity index (χ3n) is 4.08. The van der Waals surface area contributed by atoms with Crippen molar-refractivity contribution in [1.82, 2.24) is 10.6 Å². The fourth-order valence-electron chi connectivity index (χ4n) is 3.18. The molecule has 0 aromatic carbocycles. The normalized spacial score (nSPS) is 31.1. The molecular weight excluding hydrogens is 236 g/mol. The third-order valence-corrected chi connectivity index (χ3v) is 4.08. The maximum atomic E-state index is 11.7. The minimum absolute atomic E-state index is 0.0273. The number of carboxylic acids is 1. The fourth-order valence-corrected chi connectivity index (χ4v) is 3.18. The van der Waals surface area contributed by atoms with Gasteiger partial charge in [0.15, 0.2) is 0 Å². The van der Waals surface area contributed by atoms with E-state index >= 15 is 0 Å². The quantitative estimate of drug-likeness (QED) is 0.569. The van der Waals surface area contributed by atoms with Crippen LogP contribution in [0.15, 0.2) is 0 Å². The number of aliphatic hydroxyl groups is 1. The second-order valence-electron chi connectivity index (χ2n) is 5.30. The van der Waals surface area contributed by atoms with Crippen LogP contribution in [0.4, 0.5) is 4.79 Å². The second kappa shape index (κ2) is 5.56. The predicted molar refractivity (Wildman–Crippen MR) is 64.0 cm³/mol. The Morgan fingerprint density at radius 3 is 2.56 bits per heavy atom. The van der Waals surface area contributed by atoms with Gasteiger partial charge in [-0.25, -0.2) is 9.59 Å². The van der Waals surface area contributed by atoms with Gasteiger partial charge in [-0.15, -0.1) is 0 Å². The van der Waals surface area contributed by atoms with Crippen molar-refractivity contribution in [3.63, 3.8) is 0 Å². The first-order valence-corrected chi connectivity index (χ1v) is 6.51. The molecule has 0 radical (unpaired) electrons. The van der Waals surface area contributed by atoms with E-state index < -0.39 is 18.0 Å². The first-order valence-electron chi connectivity index (χ1n) is 6.51. The molecule has 2 aliphatic carbocycles. The summed E-state index contributed by atoms with van der Waals surface area (Å²) in [6, 6.07) is -1.27. The lowest BCUT2D eigenvalue weighted by atomic mass is 9.95. The van der Waals surface area contributed by atoms with E-state index in [9.17, 15) is 9.59 Å². The van der Waals surface area contributed by atoms with Gasteiger partial charge in [-0.2, -0.15) is 0 Å². The van der Waals surface area contributed by atoms with Gasteiger partial charge >= 0.3 is 12.0 Å². The lowest BCUT2D eigenvalue weighted by Crippen LogP contribution is -2.50. The highest BCUT2D eigenvalue weighted by Crippen LogP contribution is 2.44. The largest absolute Gasteiger partial charge is 0.480 e. The average Bonchev–Trinajstić information content (AvgIpc) is 2.90. The monoisotopic (exact) mass is 256 g/mol. The summed E-state index contributed by atoms with van der Waals surface area (Å²) in [5.41, 5.74) is 0. The van der Waals surface area contributed by atoms with E-state index in [-0.39, 0.29) is 19.1 Å². The number of aliphatic hydroxyl groups excluding tert-OH is 1. The molecule has 18 heavy (non-hydrogen) atoms. The number of aliphatic carboxylic acids is 1. The minimum atomic E-state index is -1.12. The summed E-state index contributed by atoms with van der Waals surface area (Å²) >= 11 is 0. The number of carbonyl (C=O) groups excluding carboxylic acids is 1. The molecule has 4 atom stereocenters. The zero-order valence-electron chi connectivity index (χ0n) is 10.3. The van der Waals surface area contributed by atoms with Gasteiger partial charge in [0.25, 0.3) is 0 Å². The maximum Gasteiger partial charge on any atom is 0.326 e. The van der Waals surface area contributed by atoms with Gasteiger partial charge in [0.05, 0.1) is 0 Å². The van der Waals surface area contributed by atoms with Crippen molar-refractivity contribution in [2.24, 2.45) is 11.8 Å². The van der Waals surface area contributed by atoms with E-state index in [1.54, 1.807) is 0 Å². The Balaban J connectivity index is 1.79. The SMILES string of the molecule is O=C(NC1CC2CCC1C2)N[C@H](CCO)C(=O)O. The number of nitrogens with one attached hydrogen (secondary N) is 2. The molecule has 2 saturated carbocycles. The van der Waals surface area contributed by atoms with E-state index in [1.165, 1.54) is 12.8 Å². The number of fused-ring (bicyclic) bond motifs is 2. The Labute approximate surface area is 106 Å². The fraction of sp³-hybridized carbons (Fsp3) is 0.833. The van der Waals surface area contributed by atoms with Crippen molar-refractivity contribution in [3.05, 3.63) is 0 Å². The highest BCUT2D eigenvalue weighted by atomic mass is 16.4. The predicted octanol–water partition coefficient (Wildman–Crippen LogP) is 0.310. The second-order valence-corrected chi connectivity index (χ2v) is 5.30. The molecule has 2 rings (SSSR count). The minimum Gasteiger partial charge on any atom is -0.480 e. The number of rotatable bonds is 5. The molecule has 0 aromatic rings. The molecular formula is C12H20N2O4. The number of amides is 2. The van der Waals surface area contributed by atoms with Gasteiger partial charge < -0.3 is 20.8 Å². The molecule has 0 aliphatic heterocycles. The summed E-state index contributed by atoms with van der Waals surface area (Å²) in [5.74, 6) is 0.169. The number of hydrogen-bond acceptors (Lipinski definition) is 3. The summed E-state index contributed by atoms with van der Waals surface area (Å²) in [6.45, 7) is -0.259. The van der Waals surface area contributed by atoms with Crippen LogP contribution < -0.4 is 10.6 Å². The summed E-state index contributed by atoms with van der Waals surface area (Å²) < 4.78 is 0. The van der Waals surface area contributed by atoms with Crippen LogP contribution in [0, 0.1) is 11.8 Å². The Bertz CT molecular complexity index is 334. The van der Waals surface area contributed by atoms with Gasteiger partial charge in [0, 0.05) is 19.1 Å². The molecule has 6 nitrogen and oxygen atoms in total. The number of hydrogen-bond donors (Lipinski definition) is 4. The van der Waals surface area contributed by atoms with Crippen LogP contribution in [0.1, 0.15) is 32.1 Å². The van der Waals surface area contributed by atoms with Crippen LogP contribution in [-0.2, 0) is 4.79 Å². The molecule has 6 heteroatoms. The van der Waals surface area contributed by atoms with E-state index in [2.05, 4.69) is 10.6 Å². The van der Waals surface area contributed by atoms with Crippen LogP contribution in [0.5, 0.6) is 0 Å². The Morgan fingerprint density at radius 1 is 1.28 bits per heavy atom. The van der Waals surface area contributed by atoms with Crippen LogP contribution in [0.3, 0.4) is 0 Å². The molecule has 2 fully saturated rings. The molecule has 2 amide bonds. The van der Waals surface area contributed by atoms with Gasteiger partial charge in [0.2, 0.25) is 0 Å². The third kappa shape index (κ3) is 2.93. The molecule has 2 aliphatic rings. The smallest absolute Gasteiger partial charge is 0.326 e. The Hall–Kier alpha value is -1.30. The van der Waals surface area contributed by atoms with E-state index in [4.69, 9.17) is 10.2 Å². The van der Waals surface area contributed by atoms with Gasteiger partial charge in [-0.05, 0) is 31.1 Å². The molecule has 0 aromatic heterocycles. The first kappa shape index (κ1) is 13.1. The summed E-state index contributed by atoms with van der Waals surface area (Å²) in [6.07, 6.45) is 4.64. The molecule has 0 saturated heterocycles. The zero-order valence-corrected chi connectivity index (χ0v) is 10.3. The van der Waals surface area contributed by atoms with Crippen molar-refractivity contribution >= 4 is 12.0 Å². The molecule has 102 valence electrons. The Morgan fingerprint density at radius 2 is 2.06 bits per heavy atom. The van der Waals surface area contributed by atoms with Gasteiger partial charge in [-0.1, -0.05) is 6.42 Å². The summed E-state index contributed by atoms with van der Waals surface area (Å²) in [7, 11) is 0. The van der Waals surface area contributed by atoms with Crippen LogP contribution >= 0.6 is 0 Å². The van der Waals surface area contributed by atoms with Crippen LogP contribution in [0.2, 0.25) is 0 Å². The topological polar surface area (TPSA) is 98.7 Å². The van der Waals surface area contributed by atoms with Crippen molar-refractivity contribution in [1.29, 1.82) is 0 Å². The standard InChI is InChI=1S/C12H20N2O4/c15-4-3-9(11(16)17)13-12(18)14-10-6-7-1-2-8(10)5-7/h7-10,15H,1-6H2,(H,16,17)(H2,13,14,18)/t7?,8?,9-,10?/m1/s1. The molecule has 4 N–H and O–H groups in total. The van der Waals surface area contributed by atoms with E-state index in [0.717, 1.165) is 18.8 Å². The lowest BCUT2D eigenvalue weighted by Gasteiger charge is -2.24. The maximum absolute atomic E-state index is 11.7. The molecule has 3 unspecified atom stereocenters. The molecule has 0 heterocycles. The highest BCUT2D eigenvalue weighted by Gasteiger charge is 2.40. The zero-order chi connectivity index (χ0) is 13.1. The highest BCUT2D eigenvalue weighted by molar-refractivity contribution is 5.82.